The fraction of sp³-hybridized carbons (Fsp3) is 0.458. The first-order valence-corrected chi connectivity index (χ1v) is 10.6. The summed E-state index contributed by atoms with van der Waals surface area (Å²) in [6, 6.07) is 13.3. The summed E-state index contributed by atoms with van der Waals surface area (Å²) in [5, 5.41) is 12.5. The Bertz CT molecular complexity index is 967. The molecule has 1 spiro atoms. The Morgan fingerprint density at radius 1 is 1.20 bits per heavy atom. The molecule has 0 radical (unpaired) electrons. The van der Waals surface area contributed by atoms with Crippen LogP contribution in [0.3, 0.4) is 0 Å². The van der Waals surface area contributed by atoms with Crippen molar-refractivity contribution in [2.45, 2.75) is 18.9 Å². The minimum atomic E-state index is -0.476. The molecule has 3 heterocycles. The van der Waals surface area contributed by atoms with Crippen LogP contribution in [0.5, 0.6) is 0 Å². The van der Waals surface area contributed by atoms with Crippen molar-refractivity contribution in [3.8, 4) is 17.2 Å². The van der Waals surface area contributed by atoms with E-state index in [1.165, 1.54) is 11.6 Å². The van der Waals surface area contributed by atoms with Crippen molar-refractivity contribution in [2.24, 2.45) is 5.41 Å². The molecule has 156 valence electrons. The number of rotatable bonds is 4. The third-order valence-electron chi connectivity index (χ3n) is 6.51. The van der Waals surface area contributed by atoms with Gasteiger partial charge in [-0.25, -0.2) is 4.39 Å². The molecule has 3 saturated heterocycles. The zero-order valence-corrected chi connectivity index (χ0v) is 17.0. The number of nitrogens with one attached hydrogen (secondary N) is 1. The molecule has 1 unspecified atom stereocenters. The second-order valence-electron chi connectivity index (χ2n) is 8.72. The maximum atomic E-state index is 14.4. The second kappa shape index (κ2) is 7.99. The minimum Gasteiger partial charge on any atom is -0.381 e. The van der Waals surface area contributed by atoms with Crippen molar-refractivity contribution in [1.29, 1.82) is 5.26 Å². The predicted molar refractivity (Wildman–Crippen MR) is 113 cm³/mol. The third-order valence-corrected chi connectivity index (χ3v) is 6.51. The molecule has 0 bridgehead atoms. The summed E-state index contributed by atoms with van der Waals surface area (Å²) in [5.74, 6) is -0.476. The van der Waals surface area contributed by atoms with Crippen LogP contribution in [0, 0.1) is 22.6 Å². The third kappa shape index (κ3) is 3.69. The van der Waals surface area contributed by atoms with Crippen LogP contribution in [-0.4, -0.2) is 52.1 Å². The molecule has 0 saturated carbocycles. The number of anilines is 1. The first-order chi connectivity index (χ1) is 14.7. The number of halogens is 1. The van der Waals surface area contributed by atoms with E-state index in [9.17, 15) is 4.39 Å². The Morgan fingerprint density at radius 3 is 2.80 bits per heavy atom. The molecule has 1 atom stereocenters. The first kappa shape index (κ1) is 19.5. The number of ether oxygens (including phenoxy) is 2. The van der Waals surface area contributed by atoms with Crippen molar-refractivity contribution < 1.29 is 13.9 Å². The van der Waals surface area contributed by atoms with Crippen molar-refractivity contribution in [2.75, 3.05) is 50.9 Å². The lowest BCUT2D eigenvalue weighted by Gasteiger charge is -2.49. The normalized spacial score (nSPS) is 22.7. The number of nitrogens with zero attached hydrogens (tertiary/aromatic N) is 2. The highest BCUT2D eigenvalue weighted by molar-refractivity contribution is 5.80. The number of hydrogen-bond donors (Lipinski definition) is 1. The molecule has 5 nitrogen and oxygen atoms in total. The molecule has 3 fully saturated rings. The van der Waals surface area contributed by atoms with E-state index in [0.29, 0.717) is 0 Å². The van der Waals surface area contributed by atoms with Gasteiger partial charge < -0.3 is 19.7 Å². The van der Waals surface area contributed by atoms with E-state index in [0.717, 1.165) is 75.7 Å². The summed E-state index contributed by atoms with van der Waals surface area (Å²) >= 11 is 0. The molecule has 2 aromatic carbocycles. The highest BCUT2D eigenvalue weighted by Crippen LogP contribution is 2.44. The number of hydrogen-bond acceptors (Lipinski definition) is 5. The van der Waals surface area contributed by atoms with E-state index in [1.807, 2.05) is 12.1 Å². The molecule has 1 N–H and O–H groups in total. The van der Waals surface area contributed by atoms with E-state index in [2.05, 4.69) is 28.4 Å². The number of benzene rings is 2. The summed E-state index contributed by atoms with van der Waals surface area (Å²) in [7, 11) is 0. The first-order valence-electron chi connectivity index (χ1n) is 10.6. The van der Waals surface area contributed by atoms with Crippen molar-refractivity contribution >= 4 is 5.69 Å². The molecule has 3 aliphatic rings. The summed E-state index contributed by atoms with van der Waals surface area (Å²) in [6.07, 6.45) is 2.07. The summed E-state index contributed by atoms with van der Waals surface area (Å²) in [5.41, 5.74) is 4.44. The van der Waals surface area contributed by atoms with E-state index < -0.39 is 5.82 Å². The fourth-order valence-electron chi connectivity index (χ4n) is 4.84. The highest BCUT2D eigenvalue weighted by Gasteiger charge is 2.46. The van der Waals surface area contributed by atoms with Crippen LogP contribution in [-0.2, 0) is 15.9 Å². The molecule has 0 aromatic heterocycles. The fourth-order valence-corrected chi connectivity index (χ4v) is 4.84. The number of morpholine rings is 1. The molecule has 5 rings (SSSR count). The van der Waals surface area contributed by atoms with Gasteiger partial charge in [0.1, 0.15) is 11.9 Å². The van der Waals surface area contributed by atoms with Crippen LogP contribution in [0.1, 0.15) is 17.5 Å². The zero-order chi connectivity index (χ0) is 20.6. The van der Waals surface area contributed by atoms with Gasteiger partial charge in [-0.15, -0.1) is 0 Å². The van der Waals surface area contributed by atoms with Gasteiger partial charge in [0.15, 0.2) is 0 Å². The van der Waals surface area contributed by atoms with Crippen LogP contribution in [0.15, 0.2) is 36.4 Å². The largest absolute Gasteiger partial charge is 0.381 e. The summed E-state index contributed by atoms with van der Waals surface area (Å²) in [6.45, 7) is 6.07. The second-order valence-corrected chi connectivity index (χ2v) is 8.72. The van der Waals surface area contributed by atoms with Gasteiger partial charge in [-0.3, -0.25) is 0 Å². The van der Waals surface area contributed by atoms with Gasteiger partial charge in [-0.1, -0.05) is 12.1 Å². The maximum absolute atomic E-state index is 14.4. The lowest BCUT2D eigenvalue weighted by Crippen LogP contribution is -2.57. The topological polar surface area (TPSA) is 57.5 Å². The highest BCUT2D eigenvalue weighted by atomic mass is 19.1. The number of nitriles is 1. The Balaban J connectivity index is 1.46. The average Bonchev–Trinajstić information content (AvgIpc) is 3.24. The smallest absolute Gasteiger partial charge is 0.141 e. The van der Waals surface area contributed by atoms with E-state index in [1.54, 1.807) is 6.07 Å². The molecule has 2 aromatic rings. The van der Waals surface area contributed by atoms with E-state index in [4.69, 9.17) is 14.7 Å². The Kier molecular flexibility index (Phi) is 5.20. The SMILES string of the molecule is N#Cc1ccc(-c2cc(CC3CNCCO3)ccc2N2CC3(CCOC3)C2)cc1F. The molecule has 3 aliphatic heterocycles. The molecule has 6 heteroatoms. The molecular formula is C24H26FN3O2. The quantitative estimate of drug-likeness (QED) is 0.844. The van der Waals surface area contributed by atoms with Crippen LogP contribution in [0.2, 0.25) is 0 Å². The Labute approximate surface area is 176 Å². The van der Waals surface area contributed by atoms with E-state index in [-0.39, 0.29) is 17.1 Å². The molecule has 30 heavy (non-hydrogen) atoms. The van der Waals surface area contributed by atoms with Crippen molar-refractivity contribution in [3.05, 3.63) is 53.3 Å². The van der Waals surface area contributed by atoms with Gasteiger partial charge in [-0.2, -0.15) is 5.26 Å². The average molecular weight is 407 g/mol. The molecule has 0 aliphatic carbocycles. The van der Waals surface area contributed by atoms with E-state index >= 15 is 0 Å². The van der Waals surface area contributed by atoms with Crippen molar-refractivity contribution in [3.63, 3.8) is 0 Å². The van der Waals surface area contributed by atoms with Crippen LogP contribution in [0.4, 0.5) is 10.1 Å². The standard InChI is InChI=1S/C24H26FN3O2/c25-22-11-18(2-3-19(22)12-26)21-10-17(9-20-13-27-6-8-30-20)1-4-23(21)28-14-24(15-28)5-7-29-16-24/h1-4,10-11,20,27H,5-9,13-16H2. The lowest BCUT2D eigenvalue weighted by atomic mass is 9.78. The minimum absolute atomic E-state index is 0.0733. The Hall–Kier alpha value is -2.46. The molecular weight excluding hydrogens is 381 g/mol. The monoisotopic (exact) mass is 407 g/mol. The van der Waals surface area contributed by atoms with Crippen molar-refractivity contribution in [1.82, 2.24) is 5.32 Å². The Morgan fingerprint density at radius 2 is 2.10 bits per heavy atom. The van der Waals surface area contributed by atoms with Gasteiger partial charge in [0, 0.05) is 49.5 Å². The van der Waals surface area contributed by atoms with Gasteiger partial charge in [0.05, 0.1) is 24.9 Å². The van der Waals surface area contributed by atoms with Gasteiger partial charge in [0.25, 0.3) is 0 Å². The predicted octanol–water partition coefficient (Wildman–Crippen LogP) is 3.12. The van der Waals surface area contributed by atoms with Gasteiger partial charge in [0.2, 0.25) is 0 Å². The van der Waals surface area contributed by atoms with Crippen LogP contribution < -0.4 is 10.2 Å². The molecule has 0 amide bonds. The van der Waals surface area contributed by atoms with Crippen LogP contribution >= 0.6 is 0 Å². The van der Waals surface area contributed by atoms with Crippen LogP contribution in [0.25, 0.3) is 11.1 Å². The van der Waals surface area contributed by atoms with Gasteiger partial charge >= 0.3 is 0 Å². The lowest BCUT2D eigenvalue weighted by molar-refractivity contribution is 0.0292. The summed E-state index contributed by atoms with van der Waals surface area (Å²) < 4.78 is 25.9. The van der Waals surface area contributed by atoms with Gasteiger partial charge in [-0.05, 0) is 48.2 Å². The maximum Gasteiger partial charge on any atom is 0.141 e. The zero-order valence-electron chi connectivity index (χ0n) is 17.0. The summed E-state index contributed by atoms with van der Waals surface area (Å²) in [4.78, 5) is 2.36.